The molecule has 22 heavy (non-hydrogen) atoms. The number of rotatable bonds is 4. The largest absolute Gasteiger partial charge is 0.244 e. The number of halogens is 1. The van der Waals surface area contributed by atoms with E-state index in [2.05, 4.69) is 20.4 Å². The highest BCUT2D eigenvalue weighted by Gasteiger charge is 2.24. The van der Waals surface area contributed by atoms with E-state index < -0.39 is 0 Å². The van der Waals surface area contributed by atoms with Gasteiger partial charge < -0.3 is 0 Å². The standard InChI is InChI=1S/C15H15ClN6/c16-12-4-6-14(7-5-12)21-8-13(19-20-21)9-22-15(17-10-18-22)11-2-1-3-11/h4-8,10-11H,1-3,9H2. The molecular formula is C15H15ClN6. The van der Waals surface area contributed by atoms with Crippen LogP contribution in [0.2, 0.25) is 5.02 Å². The Morgan fingerprint density at radius 2 is 2.00 bits per heavy atom. The maximum Gasteiger partial charge on any atom is 0.138 e. The predicted molar refractivity (Wildman–Crippen MR) is 82.1 cm³/mol. The van der Waals surface area contributed by atoms with E-state index in [4.69, 9.17) is 11.6 Å². The van der Waals surface area contributed by atoms with Gasteiger partial charge in [0.2, 0.25) is 0 Å². The Labute approximate surface area is 132 Å². The molecule has 0 spiro atoms. The van der Waals surface area contributed by atoms with Gasteiger partial charge in [-0.05, 0) is 37.1 Å². The summed E-state index contributed by atoms with van der Waals surface area (Å²) in [4.78, 5) is 4.39. The molecule has 0 saturated heterocycles. The third kappa shape index (κ3) is 2.50. The van der Waals surface area contributed by atoms with Gasteiger partial charge in [0.05, 0.1) is 18.4 Å². The molecule has 112 valence electrons. The van der Waals surface area contributed by atoms with E-state index in [-0.39, 0.29) is 0 Å². The summed E-state index contributed by atoms with van der Waals surface area (Å²) in [5, 5.41) is 13.4. The second kappa shape index (κ2) is 5.53. The SMILES string of the molecule is Clc1ccc(-n2cc(Cn3ncnc3C3CCC3)nn2)cc1. The van der Waals surface area contributed by atoms with Gasteiger partial charge in [-0.3, -0.25) is 0 Å². The van der Waals surface area contributed by atoms with Crippen LogP contribution in [0.15, 0.2) is 36.8 Å². The van der Waals surface area contributed by atoms with Crippen LogP contribution in [0.3, 0.4) is 0 Å². The van der Waals surface area contributed by atoms with Crippen molar-refractivity contribution in [3.8, 4) is 5.69 Å². The summed E-state index contributed by atoms with van der Waals surface area (Å²) in [6.07, 6.45) is 7.23. The minimum atomic E-state index is 0.550. The Balaban J connectivity index is 1.55. The van der Waals surface area contributed by atoms with Gasteiger partial charge in [-0.1, -0.05) is 23.2 Å². The number of aromatic nitrogens is 6. The molecule has 1 aromatic carbocycles. The van der Waals surface area contributed by atoms with Gasteiger partial charge in [0, 0.05) is 10.9 Å². The van der Waals surface area contributed by atoms with Gasteiger partial charge in [0.25, 0.3) is 0 Å². The van der Waals surface area contributed by atoms with Crippen molar-refractivity contribution in [1.82, 2.24) is 29.8 Å². The monoisotopic (exact) mass is 314 g/mol. The minimum Gasteiger partial charge on any atom is -0.244 e. The Hall–Kier alpha value is -2.21. The molecule has 0 N–H and O–H groups in total. The van der Waals surface area contributed by atoms with Crippen molar-refractivity contribution in [2.45, 2.75) is 31.7 Å². The smallest absolute Gasteiger partial charge is 0.138 e. The van der Waals surface area contributed by atoms with Crippen LogP contribution < -0.4 is 0 Å². The molecule has 0 radical (unpaired) electrons. The van der Waals surface area contributed by atoms with Crippen LogP contribution in [0.25, 0.3) is 5.69 Å². The Bertz CT molecular complexity index is 771. The van der Waals surface area contributed by atoms with Crippen LogP contribution in [0, 0.1) is 0 Å². The van der Waals surface area contributed by atoms with Gasteiger partial charge >= 0.3 is 0 Å². The van der Waals surface area contributed by atoms with Crippen molar-refractivity contribution < 1.29 is 0 Å². The first-order valence-corrected chi connectivity index (χ1v) is 7.72. The van der Waals surface area contributed by atoms with Gasteiger partial charge in [0.15, 0.2) is 0 Å². The van der Waals surface area contributed by atoms with Crippen LogP contribution >= 0.6 is 11.6 Å². The number of benzene rings is 1. The first kappa shape index (κ1) is 13.5. The fourth-order valence-electron chi connectivity index (χ4n) is 2.62. The van der Waals surface area contributed by atoms with E-state index in [0.29, 0.717) is 17.5 Å². The molecule has 4 rings (SSSR count). The zero-order valence-electron chi connectivity index (χ0n) is 11.9. The Morgan fingerprint density at radius 1 is 1.18 bits per heavy atom. The lowest BCUT2D eigenvalue weighted by Gasteiger charge is -2.24. The summed E-state index contributed by atoms with van der Waals surface area (Å²) < 4.78 is 3.67. The van der Waals surface area contributed by atoms with E-state index in [1.165, 1.54) is 19.3 Å². The van der Waals surface area contributed by atoms with Crippen molar-refractivity contribution in [3.63, 3.8) is 0 Å². The molecule has 1 saturated carbocycles. The molecule has 0 bridgehead atoms. The fourth-order valence-corrected chi connectivity index (χ4v) is 2.75. The molecule has 1 aliphatic carbocycles. The average Bonchev–Trinajstić information content (AvgIpc) is 3.09. The highest BCUT2D eigenvalue weighted by atomic mass is 35.5. The van der Waals surface area contributed by atoms with Crippen molar-refractivity contribution in [2.24, 2.45) is 0 Å². The van der Waals surface area contributed by atoms with Crippen LogP contribution in [-0.4, -0.2) is 29.8 Å². The van der Waals surface area contributed by atoms with E-state index in [0.717, 1.165) is 17.2 Å². The van der Waals surface area contributed by atoms with Gasteiger partial charge in [-0.15, -0.1) is 5.10 Å². The Morgan fingerprint density at radius 3 is 2.73 bits per heavy atom. The zero-order chi connectivity index (χ0) is 14.9. The summed E-state index contributed by atoms with van der Waals surface area (Å²) in [5.41, 5.74) is 1.79. The minimum absolute atomic E-state index is 0.550. The molecule has 0 unspecified atom stereocenters. The maximum absolute atomic E-state index is 5.90. The maximum atomic E-state index is 5.90. The van der Waals surface area contributed by atoms with Crippen LogP contribution in [0.5, 0.6) is 0 Å². The highest BCUT2D eigenvalue weighted by Crippen LogP contribution is 2.34. The second-order valence-electron chi connectivity index (χ2n) is 5.53. The molecule has 1 fully saturated rings. The topological polar surface area (TPSA) is 61.4 Å². The molecule has 0 amide bonds. The molecule has 1 aliphatic rings. The van der Waals surface area contributed by atoms with E-state index in [9.17, 15) is 0 Å². The normalized spacial score (nSPS) is 15.0. The van der Waals surface area contributed by atoms with Crippen molar-refractivity contribution in [3.05, 3.63) is 53.3 Å². The summed E-state index contributed by atoms with van der Waals surface area (Å²) in [7, 11) is 0. The van der Waals surface area contributed by atoms with Gasteiger partial charge in [-0.25, -0.2) is 14.3 Å². The molecule has 7 heteroatoms. The number of nitrogens with zero attached hydrogens (tertiary/aromatic N) is 6. The summed E-state index contributed by atoms with van der Waals surface area (Å²) >= 11 is 5.90. The Kier molecular flexibility index (Phi) is 3.38. The molecular weight excluding hydrogens is 300 g/mol. The van der Waals surface area contributed by atoms with E-state index >= 15 is 0 Å². The number of hydrogen-bond acceptors (Lipinski definition) is 4. The summed E-state index contributed by atoms with van der Waals surface area (Å²) in [6, 6.07) is 7.50. The summed E-state index contributed by atoms with van der Waals surface area (Å²) in [5.74, 6) is 1.61. The van der Waals surface area contributed by atoms with Gasteiger partial charge in [-0.2, -0.15) is 5.10 Å². The summed E-state index contributed by atoms with van der Waals surface area (Å²) in [6.45, 7) is 0.597. The highest BCUT2D eigenvalue weighted by molar-refractivity contribution is 6.30. The van der Waals surface area contributed by atoms with E-state index in [1.54, 1.807) is 11.0 Å². The van der Waals surface area contributed by atoms with E-state index in [1.807, 2.05) is 35.1 Å². The first-order valence-electron chi connectivity index (χ1n) is 7.34. The van der Waals surface area contributed by atoms with Gasteiger partial charge in [0.1, 0.15) is 17.8 Å². The van der Waals surface area contributed by atoms with Crippen LogP contribution in [-0.2, 0) is 6.54 Å². The van der Waals surface area contributed by atoms with Crippen LogP contribution in [0.4, 0.5) is 0 Å². The van der Waals surface area contributed by atoms with Crippen molar-refractivity contribution >= 4 is 11.6 Å². The molecule has 0 atom stereocenters. The third-order valence-electron chi connectivity index (χ3n) is 4.06. The molecule has 0 aliphatic heterocycles. The van der Waals surface area contributed by atoms with Crippen molar-refractivity contribution in [2.75, 3.05) is 0 Å². The average molecular weight is 315 g/mol. The number of hydrogen-bond donors (Lipinski definition) is 0. The lowest BCUT2D eigenvalue weighted by molar-refractivity contribution is 0.383. The molecule has 2 heterocycles. The lowest BCUT2D eigenvalue weighted by Crippen LogP contribution is -2.17. The molecule has 3 aromatic rings. The predicted octanol–water partition coefficient (Wildman–Crippen LogP) is 2.83. The third-order valence-corrected chi connectivity index (χ3v) is 4.31. The van der Waals surface area contributed by atoms with Crippen molar-refractivity contribution in [1.29, 1.82) is 0 Å². The quantitative estimate of drug-likeness (QED) is 0.743. The molecule has 6 nitrogen and oxygen atoms in total. The molecule has 2 aromatic heterocycles. The first-order chi connectivity index (χ1) is 10.8. The lowest BCUT2D eigenvalue weighted by atomic mass is 9.85. The van der Waals surface area contributed by atoms with Crippen LogP contribution in [0.1, 0.15) is 36.7 Å². The zero-order valence-corrected chi connectivity index (χ0v) is 12.7. The second-order valence-corrected chi connectivity index (χ2v) is 5.97. The fraction of sp³-hybridized carbons (Fsp3) is 0.333.